The summed E-state index contributed by atoms with van der Waals surface area (Å²) in [5.41, 5.74) is 1.89. The first-order valence-corrected chi connectivity index (χ1v) is 6.85. The van der Waals surface area contributed by atoms with Gasteiger partial charge in [-0.3, -0.25) is 0 Å². The van der Waals surface area contributed by atoms with Gasteiger partial charge in [-0.25, -0.2) is 4.79 Å². The molecule has 0 heterocycles. The summed E-state index contributed by atoms with van der Waals surface area (Å²) in [6.45, 7) is 2.39. The van der Waals surface area contributed by atoms with Crippen LogP contribution in [0.1, 0.15) is 18.4 Å². The zero-order valence-corrected chi connectivity index (χ0v) is 11.9. The molecule has 1 aromatic rings. The number of aliphatic hydroxyl groups excluding tert-OH is 1. The highest BCUT2D eigenvalue weighted by molar-refractivity contribution is 9.10. The number of carbonyl (C=O) groups is 1. The Morgan fingerprint density at radius 3 is 2.83 bits per heavy atom. The Bertz CT molecular complexity index is 447. The van der Waals surface area contributed by atoms with E-state index in [2.05, 4.69) is 21.2 Å². The van der Waals surface area contributed by atoms with Gasteiger partial charge < -0.3 is 15.3 Å². The number of aryl methyl sites for hydroxylation is 1. The van der Waals surface area contributed by atoms with E-state index in [1.807, 2.05) is 25.1 Å². The molecule has 0 spiro atoms. The van der Waals surface area contributed by atoms with Crippen LogP contribution in [0.25, 0.3) is 0 Å². The molecule has 0 unspecified atom stereocenters. The van der Waals surface area contributed by atoms with Crippen molar-refractivity contribution in [2.75, 3.05) is 18.5 Å². The quantitative estimate of drug-likeness (QED) is 0.898. The van der Waals surface area contributed by atoms with Crippen molar-refractivity contribution in [3.63, 3.8) is 0 Å². The number of halogens is 1. The number of carbonyl (C=O) groups excluding carboxylic acids is 1. The number of benzene rings is 1. The second-order valence-corrected chi connectivity index (χ2v) is 5.42. The fourth-order valence-corrected chi connectivity index (χ4v) is 2.44. The van der Waals surface area contributed by atoms with Gasteiger partial charge in [0.15, 0.2) is 0 Å². The third-order valence-electron chi connectivity index (χ3n) is 2.96. The van der Waals surface area contributed by atoms with E-state index in [-0.39, 0.29) is 12.6 Å². The first-order valence-electron chi connectivity index (χ1n) is 6.06. The number of hydrogen-bond acceptors (Lipinski definition) is 2. The van der Waals surface area contributed by atoms with Crippen LogP contribution in [0.2, 0.25) is 0 Å². The Morgan fingerprint density at radius 1 is 1.56 bits per heavy atom. The van der Waals surface area contributed by atoms with Gasteiger partial charge in [0, 0.05) is 17.1 Å². The van der Waals surface area contributed by atoms with Crippen LogP contribution in [0, 0.1) is 6.92 Å². The molecule has 2 rings (SSSR count). The van der Waals surface area contributed by atoms with E-state index < -0.39 is 0 Å². The average molecular weight is 313 g/mol. The normalized spacial score (nSPS) is 14.4. The van der Waals surface area contributed by atoms with Crippen LogP contribution >= 0.6 is 15.9 Å². The summed E-state index contributed by atoms with van der Waals surface area (Å²) in [7, 11) is 0. The van der Waals surface area contributed by atoms with Crippen molar-refractivity contribution in [2.45, 2.75) is 25.8 Å². The van der Waals surface area contributed by atoms with Crippen molar-refractivity contribution >= 4 is 27.6 Å². The molecule has 1 fully saturated rings. The van der Waals surface area contributed by atoms with Crippen molar-refractivity contribution in [1.82, 2.24) is 4.90 Å². The Hall–Kier alpha value is -1.07. The summed E-state index contributed by atoms with van der Waals surface area (Å²) in [5, 5.41) is 11.9. The summed E-state index contributed by atoms with van der Waals surface area (Å²) in [4.78, 5) is 13.8. The molecule has 4 nitrogen and oxygen atoms in total. The lowest BCUT2D eigenvalue weighted by Gasteiger charge is -2.22. The Kier molecular flexibility index (Phi) is 4.24. The maximum atomic E-state index is 12.1. The number of amides is 2. The fourth-order valence-electron chi connectivity index (χ4n) is 1.85. The molecule has 0 bridgehead atoms. The van der Waals surface area contributed by atoms with Gasteiger partial charge in [0.1, 0.15) is 0 Å². The predicted molar refractivity (Wildman–Crippen MR) is 74.7 cm³/mol. The third-order valence-corrected chi connectivity index (χ3v) is 3.61. The Balaban J connectivity index is 2.05. The van der Waals surface area contributed by atoms with Gasteiger partial charge in [0.05, 0.1) is 12.3 Å². The monoisotopic (exact) mass is 312 g/mol. The zero-order chi connectivity index (χ0) is 13.1. The number of anilines is 1. The van der Waals surface area contributed by atoms with Crippen LogP contribution in [-0.2, 0) is 0 Å². The molecule has 98 valence electrons. The van der Waals surface area contributed by atoms with Crippen molar-refractivity contribution < 1.29 is 9.90 Å². The van der Waals surface area contributed by atoms with E-state index in [0.29, 0.717) is 12.6 Å². The average Bonchev–Trinajstić information content (AvgIpc) is 3.13. The fraction of sp³-hybridized carbons (Fsp3) is 0.462. The number of rotatable bonds is 4. The van der Waals surface area contributed by atoms with Crippen LogP contribution < -0.4 is 5.32 Å². The van der Waals surface area contributed by atoms with Crippen molar-refractivity contribution in [1.29, 1.82) is 0 Å². The van der Waals surface area contributed by atoms with Crippen molar-refractivity contribution in [3.05, 3.63) is 28.2 Å². The van der Waals surface area contributed by atoms with E-state index in [1.165, 1.54) is 0 Å². The van der Waals surface area contributed by atoms with Crippen LogP contribution in [0.3, 0.4) is 0 Å². The van der Waals surface area contributed by atoms with Gasteiger partial charge in [-0.1, -0.05) is 6.07 Å². The van der Waals surface area contributed by atoms with Crippen LogP contribution in [0.4, 0.5) is 10.5 Å². The molecular formula is C13H17BrN2O2. The lowest BCUT2D eigenvalue weighted by atomic mass is 10.2. The highest BCUT2D eigenvalue weighted by atomic mass is 79.9. The second kappa shape index (κ2) is 5.71. The number of hydrogen-bond donors (Lipinski definition) is 2. The minimum Gasteiger partial charge on any atom is -0.395 e. The molecule has 1 aliphatic rings. The van der Waals surface area contributed by atoms with Gasteiger partial charge in [0.25, 0.3) is 0 Å². The van der Waals surface area contributed by atoms with Gasteiger partial charge in [-0.2, -0.15) is 0 Å². The van der Waals surface area contributed by atoms with Crippen LogP contribution in [0.15, 0.2) is 22.7 Å². The molecule has 0 aliphatic heterocycles. The van der Waals surface area contributed by atoms with E-state index in [0.717, 1.165) is 28.6 Å². The third kappa shape index (κ3) is 3.23. The highest BCUT2D eigenvalue weighted by Gasteiger charge is 2.32. The number of aliphatic hydroxyl groups is 1. The molecule has 2 amide bonds. The Morgan fingerprint density at radius 2 is 2.28 bits per heavy atom. The number of nitrogens with zero attached hydrogens (tertiary/aromatic N) is 1. The minimum absolute atomic E-state index is 0.00100. The zero-order valence-electron chi connectivity index (χ0n) is 10.3. The van der Waals surface area contributed by atoms with E-state index in [4.69, 9.17) is 5.11 Å². The largest absolute Gasteiger partial charge is 0.395 e. The van der Waals surface area contributed by atoms with Crippen LogP contribution in [0.5, 0.6) is 0 Å². The maximum absolute atomic E-state index is 12.1. The van der Waals surface area contributed by atoms with Crippen molar-refractivity contribution in [2.24, 2.45) is 0 Å². The van der Waals surface area contributed by atoms with Gasteiger partial charge >= 0.3 is 6.03 Å². The lowest BCUT2D eigenvalue weighted by molar-refractivity contribution is 0.185. The smallest absolute Gasteiger partial charge is 0.322 e. The molecule has 0 atom stereocenters. The summed E-state index contributed by atoms with van der Waals surface area (Å²) >= 11 is 3.43. The SMILES string of the molecule is Cc1ccc(NC(=O)N(CCO)C2CC2)c(Br)c1. The Labute approximate surface area is 115 Å². The molecule has 1 aliphatic carbocycles. The molecular weight excluding hydrogens is 296 g/mol. The van der Waals surface area contributed by atoms with Gasteiger partial charge in [-0.15, -0.1) is 0 Å². The minimum atomic E-state index is -0.142. The first-order chi connectivity index (χ1) is 8.61. The van der Waals surface area contributed by atoms with Gasteiger partial charge in [0.2, 0.25) is 0 Å². The number of nitrogens with one attached hydrogen (secondary N) is 1. The van der Waals surface area contributed by atoms with E-state index in [9.17, 15) is 4.79 Å². The van der Waals surface area contributed by atoms with Crippen molar-refractivity contribution in [3.8, 4) is 0 Å². The molecule has 0 radical (unpaired) electrons. The lowest BCUT2D eigenvalue weighted by Crippen LogP contribution is -2.38. The molecule has 18 heavy (non-hydrogen) atoms. The second-order valence-electron chi connectivity index (χ2n) is 4.56. The summed E-state index contributed by atoms with van der Waals surface area (Å²) in [5.74, 6) is 0. The number of urea groups is 1. The van der Waals surface area contributed by atoms with Gasteiger partial charge in [-0.05, 0) is 53.4 Å². The summed E-state index contributed by atoms with van der Waals surface area (Å²) in [6.07, 6.45) is 2.06. The van der Waals surface area contributed by atoms with E-state index >= 15 is 0 Å². The predicted octanol–water partition coefficient (Wildman–Crippen LogP) is 2.75. The summed E-state index contributed by atoms with van der Waals surface area (Å²) < 4.78 is 0.871. The molecule has 5 heteroatoms. The highest BCUT2D eigenvalue weighted by Crippen LogP contribution is 2.28. The maximum Gasteiger partial charge on any atom is 0.322 e. The van der Waals surface area contributed by atoms with E-state index in [1.54, 1.807) is 4.90 Å². The topological polar surface area (TPSA) is 52.6 Å². The standard InChI is InChI=1S/C13H17BrN2O2/c1-9-2-5-12(11(14)8-9)15-13(18)16(6-7-17)10-3-4-10/h2,5,8,10,17H,3-4,6-7H2,1H3,(H,15,18). The van der Waals surface area contributed by atoms with Crippen LogP contribution in [-0.4, -0.2) is 35.2 Å². The molecule has 0 aromatic heterocycles. The molecule has 2 N–H and O–H groups in total. The summed E-state index contributed by atoms with van der Waals surface area (Å²) in [6, 6.07) is 5.94. The first kappa shape index (κ1) is 13.4. The molecule has 1 aromatic carbocycles. The molecule has 1 saturated carbocycles. The molecule has 0 saturated heterocycles.